The van der Waals surface area contributed by atoms with Gasteiger partial charge in [-0.1, -0.05) is 0 Å². The molecule has 1 aromatic rings. The molecule has 2 heterocycles. The quantitative estimate of drug-likeness (QED) is 0.813. The number of anilines is 1. The molecule has 1 N–H and O–H groups in total. The van der Waals surface area contributed by atoms with Crippen molar-refractivity contribution >= 4 is 23.5 Å². The van der Waals surface area contributed by atoms with Crippen LogP contribution < -0.4 is 10.2 Å². The Balaban J connectivity index is 2.21. The van der Waals surface area contributed by atoms with E-state index < -0.39 is 0 Å². The Hall–Kier alpha value is -1.23. The molecule has 1 aliphatic heterocycles. The minimum Gasteiger partial charge on any atom is -0.336 e. The summed E-state index contributed by atoms with van der Waals surface area (Å²) in [5, 5.41) is 3.84. The van der Waals surface area contributed by atoms with Crippen LogP contribution >= 0.6 is 11.8 Å². The number of amides is 2. The molecule has 4 nitrogen and oxygen atoms in total. The molecular weight excluding hydrogens is 222 g/mol. The van der Waals surface area contributed by atoms with Gasteiger partial charge in [-0.05, 0) is 26.0 Å². The highest BCUT2D eigenvalue weighted by Gasteiger charge is 2.23. The first-order valence-electron chi connectivity index (χ1n) is 5.34. The average molecular weight is 237 g/mol. The van der Waals surface area contributed by atoms with E-state index in [4.69, 9.17) is 0 Å². The normalized spacial score (nSPS) is 14.8. The number of carbonyl (C=O) groups is 1. The Labute approximate surface area is 99.4 Å². The topological polar surface area (TPSA) is 45.2 Å². The number of hydrogen-bond donors (Lipinski definition) is 1. The monoisotopic (exact) mass is 237 g/mol. The average Bonchev–Trinajstić information content (AvgIpc) is 2.27. The number of nitrogens with zero attached hydrogens (tertiary/aromatic N) is 2. The Kier molecular flexibility index (Phi) is 3.33. The molecule has 16 heavy (non-hydrogen) atoms. The van der Waals surface area contributed by atoms with E-state index in [1.165, 1.54) is 0 Å². The van der Waals surface area contributed by atoms with Crippen molar-refractivity contribution in [3.63, 3.8) is 0 Å². The van der Waals surface area contributed by atoms with E-state index in [9.17, 15) is 4.79 Å². The van der Waals surface area contributed by atoms with Crippen LogP contribution in [0, 0.1) is 0 Å². The highest BCUT2D eigenvalue weighted by Crippen LogP contribution is 2.32. The maximum Gasteiger partial charge on any atom is 0.322 e. The molecular formula is C11H15N3OS. The van der Waals surface area contributed by atoms with Crippen LogP contribution in [0.3, 0.4) is 0 Å². The lowest BCUT2D eigenvalue weighted by Gasteiger charge is -2.28. The van der Waals surface area contributed by atoms with Gasteiger partial charge in [-0.25, -0.2) is 9.78 Å². The van der Waals surface area contributed by atoms with Crippen LogP contribution in [0.25, 0.3) is 0 Å². The Morgan fingerprint density at radius 1 is 1.62 bits per heavy atom. The van der Waals surface area contributed by atoms with Crippen molar-refractivity contribution in [2.45, 2.75) is 24.9 Å². The van der Waals surface area contributed by atoms with Crippen LogP contribution in [-0.4, -0.2) is 29.4 Å². The van der Waals surface area contributed by atoms with E-state index in [0.29, 0.717) is 0 Å². The second-order valence-corrected chi connectivity index (χ2v) is 5.02. The number of rotatable bonds is 1. The summed E-state index contributed by atoms with van der Waals surface area (Å²) in [6.07, 6.45) is 1.76. The van der Waals surface area contributed by atoms with Gasteiger partial charge in [0.05, 0.1) is 5.69 Å². The summed E-state index contributed by atoms with van der Waals surface area (Å²) in [5.41, 5.74) is 0.914. The molecule has 0 atom stereocenters. The highest BCUT2D eigenvalue weighted by atomic mass is 32.2. The van der Waals surface area contributed by atoms with Gasteiger partial charge in [-0.3, -0.25) is 4.90 Å². The summed E-state index contributed by atoms with van der Waals surface area (Å²) < 4.78 is 0. The Bertz CT molecular complexity index is 395. The van der Waals surface area contributed by atoms with Gasteiger partial charge in [0.25, 0.3) is 0 Å². The predicted octanol–water partition coefficient (Wildman–Crippen LogP) is 2.11. The van der Waals surface area contributed by atoms with Crippen LogP contribution in [0.1, 0.15) is 13.8 Å². The maximum atomic E-state index is 11.9. The van der Waals surface area contributed by atoms with Gasteiger partial charge < -0.3 is 5.32 Å². The molecule has 0 bridgehead atoms. The molecule has 0 unspecified atom stereocenters. The first-order valence-corrected chi connectivity index (χ1v) is 6.33. The van der Waals surface area contributed by atoms with Gasteiger partial charge in [0.15, 0.2) is 0 Å². The lowest BCUT2D eigenvalue weighted by atomic mass is 10.3. The molecule has 0 radical (unpaired) electrons. The second kappa shape index (κ2) is 4.74. The number of nitrogens with one attached hydrogen (secondary N) is 1. The minimum atomic E-state index is -0.0375. The number of hydrogen-bond acceptors (Lipinski definition) is 3. The number of carbonyl (C=O) groups excluding carboxylic acids is 1. The molecule has 0 fully saturated rings. The molecule has 2 rings (SSSR count). The van der Waals surface area contributed by atoms with Crippen LogP contribution in [0.4, 0.5) is 10.5 Å². The molecule has 2 amide bonds. The third-order valence-electron chi connectivity index (χ3n) is 2.25. The van der Waals surface area contributed by atoms with Gasteiger partial charge in [0.1, 0.15) is 5.03 Å². The minimum absolute atomic E-state index is 0.0375. The summed E-state index contributed by atoms with van der Waals surface area (Å²) in [5.74, 6) is 0.898. The van der Waals surface area contributed by atoms with E-state index in [0.717, 1.165) is 23.0 Å². The molecule has 0 aliphatic carbocycles. The van der Waals surface area contributed by atoms with E-state index in [-0.39, 0.29) is 12.1 Å². The van der Waals surface area contributed by atoms with Crippen LogP contribution in [-0.2, 0) is 0 Å². The maximum absolute atomic E-state index is 11.9. The van der Waals surface area contributed by atoms with Crippen molar-refractivity contribution in [1.82, 2.24) is 10.3 Å². The van der Waals surface area contributed by atoms with Gasteiger partial charge in [-0.15, -0.1) is 11.8 Å². The van der Waals surface area contributed by atoms with E-state index >= 15 is 0 Å². The third-order valence-corrected chi connectivity index (χ3v) is 3.23. The van der Waals surface area contributed by atoms with E-state index in [1.807, 2.05) is 26.0 Å². The third kappa shape index (κ3) is 2.29. The number of aromatic nitrogens is 1. The number of pyridine rings is 1. The zero-order valence-electron chi connectivity index (χ0n) is 9.43. The molecule has 1 aromatic heterocycles. The lowest BCUT2D eigenvalue weighted by molar-refractivity contribution is 0.244. The summed E-state index contributed by atoms with van der Waals surface area (Å²) in [6, 6.07) is 3.92. The molecule has 0 saturated heterocycles. The summed E-state index contributed by atoms with van der Waals surface area (Å²) in [7, 11) is 0. The number of fused-ring (bicyclic) bond motifs is 1. The smallest absolute Gasteiger partial charge is 0.322 e. The summed E-state index contributed by atoms with van der Waals surface area (Å²) in [6.45, 7) is 4.66. The van der Waals surface area contributed by atoms with Crippen LogP contribution in [0.5, 0.6) is 0 Å². The lowest BCUT2D eigenvalue weighted by Crippen LogP contribution is -2.45. The fourth-order valence-electron chi connectivity index (χ4n) is 1.59. The van der Waals surface area contributed by atoms with E-state index in [2.05, 4.69) is 10.3 Å². The van der Waals surface area contributed by atoms with Crippen molar-refractivity contribution in [3.8, 4) is 0 Å². The van der Waals surface area contributed by atoms with Crippen LogP contribution in [0.2, 0.25) is 0 Å². The molecule has 0 spiro atoms. The standard InChI is InChI=1S/C11H15N3OS/c1-8(2)13-11(15)14-6-7-16-10-9(14)4-3-5-12-10/h3-5,8H,6-7H2,1-2H3,(H,13,15). The second-order valence-electron chi connectivity index (χ2n) is 3.93. The molecule has 0 aromatic carbocycles. The van der Waals surface area contributed by atoms with Gasteiger partial charge >= 0.3 is 6.03 Å². The predicted molar refractivity (Wildman–Crippen MR) is 66.0 cm³/mol. The Morgan fingerprint density at radius 2 is 2.44 bits per heavy atom. The number of thioether (sulfide) groups is 1. The SMILES string of the molecule is CC(C)NC(=O)N1CCSc2ncccc21. The summed E-state index contributed by atoms with van der Waals surface area (Å²) >= 11 is 1.70. The van der Waals surface area contributed by atoms with Crippen molar-refractivity contribution in [1.29, 1.82) is 0 Å². The summed E-state index contributed by atoms with van der Waals surface area (Å²) in [4.78, 5) is 18.0. The van der Waals surface area contributed by atoms with Gasteiger partial charge in [0.2, 0.25) is 0 Å². The zero-order valence-corrected chi connectivity index (χ0v) is 10.3. The molecule has 1 aliphatic rings. The van der Waals surface area contributed by atoms with Crippen molar-refractivity contribution in [3.05, 3.63) is 18.3 Å². The Morgan fingerprint density at radius 3 is 3.19 bits per heavy atom. The van der Waals surface area contributed by atoms with Gasteiger partial charge in [0, 0.05) is 24.5 Å². The number of urea groups is 1. The molecule has 5 heteroatoms. The van der Waals surface area contributed by atoms with E-state index in [1.54, 1.807) is 22.9 Å². The fourth-order valence-corrected chi connectivity index (χ4v) is 2.52. The van der Waals surface area contributed by atoms with Crippen molar-refractivity contribution in [2.75, 3.05) is 17.2 Å². The fraction of sp³-hybridized carbons (Fsp3) is 0.455. The first-order chi connectivity index (χ1) is 7.68. The largest absolute Gasteiger partial charge is 0.336 e. The highest BCUT2D eigenvalue weighted by molar-refractivity contribution is 7.99. The van der Waals surface area contributed by atoms with Crippen molar-refractivity contribution < 1.29 is 4.79 Å². The first kappa shape index (κ1) is 11.3. The zero-order chi connectivity index (χ0) is 11.5. The van der Waals surface area contributed by atoms with Gasteiger partial charge in [-0.2, -0.15) is 0 Å². The molecule has 0 saturated carbocycles. The van der Waals surface area contributed by atoms with Crippen LogP contribution in [0.15, 0.2) is 23.4 Å². The van der Waals surface area contributed by atoms with Crippen molar-refractivity contribution in [2.24, 2.45) is 0 Å². The molecule has 86 valence electrons.